The van der Waals surface area contributed by atoms with E-state index in [1.54, 1.807) is 13.0 Å². The predicted molar refractivity (Wildman–Crippen MR) is 130 cm³/mol. The van der Waals surface area contributed by atoms with Gasteiger partial charge in [-0.15, -0.1) is 0 Å². The molecule has 4 rings (SSSR count). The number of carbonyl (C=O) groups excluding carboxylic acids is 1. The Morgan fingerprint density at radius 2 is 2.00 bits per heavy atom. The van der Waals surface area contributed by atoms with Crippen molar-refractivity contribution in [1.82, 2.24) is 15.0 Å². The number of anilines is 2. The Kier molecular flexibility index (Phi) is 8.13. The highest BCUT2D eigenvalue weighted by atomic mass is 32.2. The van der Waals surface area contributed by atoms with Crippen LogP contribution in [-0.4, -0.2) is 43.4 Å². The van der Waals surface area contributed by atoms with Crippen molar-refractivity contribution in [2.45, 2.75) is 43.5 Å². The second-order valence-electron chi connectivity index (χ2n) is 8.36. The molecule has 1 fully saturated rings. The van der Waals surface area contributed by atoms with E-state index in [0.29, 0.717) is 23.2 Å². The molecule has 1 aliphatic rings. The van der Waals surface area contributed by atoms with Gasteiger partial charge in [-0.2, -0.15) is 17.9 Å². The lowest BCUT2D eigenvalue weighted by molar-refractivity contribution is -0.153. The Hall–Kier alpha value is -3.45. The standard InChI is InChI=1S/C24H23F4N5O3S/c1-2-18(20-7-8-30-23(32-20)33-37(35)17-4-5-17)22(34)31-21-6-3-14(10-19(21)25)15-9-16(12-29-11-15)36-13-24(26,27)28/h3,6-12,17-18H,2,4-5,13H2,1H3,(H,31,34)(H,30,32,33). The molecule has 1 aromatic carbocycles. The fourth-order valence-corrected chi connectivity index (χ4v) is 4.45. The Bertz CT molecular complexity index is 1260. The molecule has 2 N–H and O–H groups in total. The van der Waals surface area contributed by atoms with E-state index in [0.717, 1.165) is 25.1 Å². The van der Waals surface area contributed by atoms with Crippen molar-refractivity contribution in [2.75, 3.05) is 16.6 Å². The summed E-state index contributed by atoms with van der Waals surface area (Å²) >= 11 is -1.29. The summed E-state index contributed by atoms with van der Waals surface area (Å²) in [5, 5.41) is 2.63. The van der Waals surface area contributed by atoms with E-state index in [4.69, 9.17) is 4.74 Å². The Labute approximate surface area is 213 Å². The molecular formula is C24H23F4N5O3S. The first-order chi connectivity index (χ1) is 17.6. The first kappa shape index (κ1) is 26.6. The van der Waals surface area contributed by atoms with E-state index in [2.05, 4.69) is 25.0 Å². The van der Waals surface area contributed by atoms with E-state index < -0.39 is 41.8 Å². The topological polar surface area (TPSA) is 112 Å². The number of ether oxygens (including phenoxy) is 1. The van der Waals surface area contributed by atoms with E-state index >= 15 is 0 Å². The van der Waals surface area contributed by atoms with Gasteiger partial charge in [0, 0.05) is 30.8 Å². The molecule has 37 heavy (non-hydrogen) atoms. The molecule has 1 amide bonds. The van der Waals surface area contributed by atoms with Gasteiger partial charge in [0.15, 0.2) is 6.61 Å². The highest BCUT2D eigenvalue weighted by Crippen LogP contribution is 2.30. The average Bonchev–Trinajstić information content (AvgIpc) is 3.70. The van der Waals surface area contributed by atoms with Gasteiger partial charge in [-0.05, 0) is 36.2 Å². The molecule has 13 heteroatoms. The van der Waals surface area contributed by atoms with Gasteiger partial charge in [-0.25, -0.2) is 14.4 Å². The summed E-state index contributed by atoms with van der Waals surface area (Å²) in [4.78, 5) is 25.2. The van der Waals surface area contributed by atoms with Gasteiger partial charge < -0.3 is 14.6 Å². The molecule has 2 heterocycles. The molecule has 0 spiro atoms. The highest BCUT2D eigenvalue weighted by molar-refractivity contribution is 7.93. The van der Waals surface area contributed by atoms with Crippen LogP contribution in [0.5, 0.6) is 5.75 Å². The molecule has 8 nitrogen and oxygen atoms in total. The third-order valence-electron chi connectivity index (χ3n) is 5.45. The van der Waals surface area contributed by atoms with E-state index in [9.17, 15) is 26.9 Å². The molecular weight excluding hydrogens is 514 g/mol. The molecule has 2 unspecified atom stereocenters. The first-order valence-corrected chi connectivity index (χ1v) is 12.6. The number of halogens is 4. The van der Waals surface area contributed by atoms with Crippen molar-refractivity contribution in [1.29, 1.82) is 0 Å². The number of rotatable bonds is 10. The molecule has 0 bridgehead atoms. The number of pyridine rings is 1. The van der Waals surface area contributed by atoms with Crippen molar-refractivity contribution in [3.8, 4) is 16.9 Å². The van der Waals surface area contributed by atoms with Crippen molar-refractivity contribution >= 4 is 28.9 Å². The smallest absolute Gasteiger partial charge is 0.422 e. The number of hydrogen-bond donors (Lipinski definition) is 2. The minimum absolute atomic E-state index is 0.0770. The minimum atomic E-state index is -4.50. The van der Waals surface area contributed by atoms with Crippen LogP contribution in [0.15, 0.2) is 48.9 Å². The average molecular weight is 538 g/mol. The van der Waals surface area contributed by atoms with Crippen LogP contribution in [0, 0.1) is 5.82 Å². The fourth-order valence-electron chi connectivity index (χ4n) is 3.44. The van der Waals surface area contributed by atoms with Crippen molar-refractivity contribution in [3.05, 3.63) is 60.4 Å². The second kappa shape index (κ2) is 11.3. The number of nitrogens with zero attached hydrogens (tertiary/aromatic N) is 3. The number of nitrogens with one attached hydrogen (secondary N) is 2. The maximum atomic E-state index is 14.9. The molecule has 2 aromatic heterocycles. The zero-order valence-electron chi connectivity index (χ0n) is 19.6. The number of amides is 1. The second-order valence-corrected chi connectivity index (χ2v) is 9.83. The summed E-state index contributed by atoms with van der Waals surface area (Å²) in [6.07, 6.45) is 1.55. The van der Waals surface area contributed by atoms with Crippen LogP contribution in [-0.2, 0) is 16.2 Å². The van der Waals surface area contributed by atoms with Gasteiger partial charge >= 0.3 is 6.18 Å². The lowest BCUT2D eigenvalue weighted by atomic mass is 10.0. The Morgan fingerprint density at radius 3 is 2.68 bits per heavy atom. The van der Waals surface area contributed by atoms with Crippen molar-refractivity contribution < 1.29 is 31.6 Å². The quantitative estimate of drug-likeness (QED) is 0.277. The Morgan fingerprint density at radius 1 is 1.22 bits per heavy atom. The zero-order valence-corrected chi connectivity index (χ0v) is 20.4. The number of benzene rings is 1. The van der Waals surface area contributed by atoms with Crippen LogP contribution in [0.4, 0.5) is 29.2 Å². The molecule has 0 radical (unpaired) electrons. The summed E-state index contributed by atoms with van der Waals surface area (Å²) in [5.74, 6) is -1.92. The van der Waals surface area contributed by atoms with Gasteiger partial charge in [0.2, 0.25) is 5.91 Å². The normalized spacial score (nSPS) is 15.1. The van der Waals surface area contributed by atoms with Crippen LogP contribution < -0.4 is 14.8 Å². The number of alkyl halides is 3. The van der Waals surface area contributed by atoms with Crippen LogP contribution in [0.1, 0.15) is 37.8 Å². The Balaban J connectivity index is 1.45. The lowest BCUT2D eigenvalue weighted by Gasteiger charge is -2.16. The monoisotopic (exact) mass is 537 g/mol. The number of hydrogen-bond acceptors (Lipinski definition) is 7. The molecule has 2 atom stereocenters. The van der Waals surface area contributed by atoms with Crippen molar-refractivity contribution in [3.63, 3.8) is 0 Å². The SMILES string of the molecule is CCC(C(=O)Nc1ccc(-c2cncc(OCC(F)(F)F)c2)cc1F)c1ccnc(N[S+]([O-])C2CC2)n1. The summed E-state index contributed by atoms with van der Waals surface area (Å²) in [5.41, 5.74) is 0.992. The molecule has 3 aromatic rings. The van der Waals surface area contributed by atoms with Gasteiger partial charge in [-0.1, -0.05) is 13.0 Å². The third-order valence-corrected chi connectivity index (χ3v) is 6.91. The number of carbonyl (C=O) groups is 1. The molecule has 1 saturated carbocycles. The largest absolute Gasteiger partial charge is 0.593 e. The molecule has 0 aliphatic heterocycles. The van der Waals surface area contributed by atoms with E-state index in [1.165, 1.54) is 30.6 Å². The highest BCUT2D eigenvalue weighted by Gasteiger charge is 2.36. The van der Waals surface area contributed by atoms with Gasteiger partial charge in [0.05, 0.1) is 34.9 Å². The van der Waals surface area contributed by atoms with Crippen LogP contribution in [0.25, 0.3) is 11.1 Å². The van der Waals surface area contributed by atoms with Gasteiger partial charge in [0.1, 0.15) is 16.8 Å². The van der Waals surface area contributed by atoms with Crippen LogP contribution >= 0.6 is 0 Å². The fraction of sp³-hybridized carbons (Fsp3) is 0.333. The summed E-state index contributed by atoms with van der Waals surface area (Å²) in [6, 6.07) is 6.88. The molecule has 1 aliphatic carbocycles. The van der Waals surface area contributed by atoms with E-state index in [-0.39, 0.29) is 22.6 Å². The van der Waals surface area contributed by atoms with Gasteiger partial charge in [0.25, 0.3) is 5.95 Å². The van der Waals surface area contributed by atoms with Gasteiger partial charge in [-0.3, -0.25) is 9.78 Å². The maximum Gasteiger partial charge on any atom is 0.422 e. The van der Waals surface area contributed by atoms with E-state index in [1.807, 2.05) is 0 Å². The van der Waals surface area contributed by atoms with Crippen LogP contribution in [0.3, 0.4) is 0 Å². The summed E-state index contributed by atoms with van der Waals surface area (Å²) < 4.78 is 71.6. The first-order valence-electron chi connectivity index (χ1n) is 11.4. The van der Waals surface area contributed by atoms with Crippen molar-refractivity contribution in [2.24, 2.45) is 0 Å². The molecule has 196 valence electrons. The predicted octanol–water partition coefficient (Wildman–Crippen LogP) is 4.99. The third kappa shape index (κ3) is 7.29. The summed E-state index contributed by atoms with van der Waals surface area (Å²) in [6.45, 7) is 0.306. The number of aromatic nitrogens is 3. The molecule has 0 saturated heterocycles. The summed E-state index contributed by atoms with van der Waals surface area (Å²) in [7, 11) is 0. The lowest BCUT2D eigenvalue weighted by Crippen LogP contribution is -2.23. The van der Waals surface area contributed by atoms with Crippen LogP contribution in [0.2, 0.25) is 0 Å². The zero-order chi connectivity index (χ0) is 26.6. The minimum Gasteiger partial charge on any atom is -0.593 e. The maximum absolute atomic E-state index is 14.9.